The van der Waals surface area contributed by atoms with Crippen LogP contribution in [0.4, 0.5) is 0 Å². The fourth-order valence-electron chi connectivity index (χ4n) is 6.68. The number of morpholine rings is 1. The fourth-order valence-corrected chi connectivity index (χ4v) is 9.02. The van der Waals surface area contributed by atoms with Gasteiger partial charge in [-0.15, -0.1) is 11.8 Å². The summed E-state index contributed by atoms with van der Waals surface area (Å²) >= 11 is 1.63. The molecule has 4 saturated heterocycles. The number of carbonyl (C=O) groups excluding carboxylic acids is 3. The van der Waals surface area contributed by atoms with Crippen molar-refractivity contribution in [3.8, 4) is 0 Å². The monoisotopic (exact) mass is 511 g/mol. The van der Waals surface area contributed by atoms with Gasteiger partial charge >= 0.3 is 5.97 Å². The van der Waals surface area contributed by atoms with Crippen LogP contribution in [0.3, 0.4) is 0 Å². The number of rotatable bonds is 10. The van der Waals surface area contributed by atoms with Gasteiger partial charge in [0.15, 0.2) is 0 Å². The molecule has 4 rings (SSSR count). The molecule has 10 heteroatoms. The lowest BCUT2D eigenvalue weighted by atomic mass is 9.66. The highest BCUT2D eigenvalue weighted by molar-refractivity contribution is 8.02. The van der Waals surface area contributed by atoms with Crippen molar-refractivity contribution in [2.24, 2.45) is 17.8 Å². The first-order chi connectivity index (χ1) is 16.7. The Morgan fingerprint density at radius 3 is 2.63 bits per heavy atom. The van der Waals surface area contributed by atoms with E-state index in [2.05, 4.69) is 10.2 Å². The van der Waals surface area contributed by atoms with Gasteiger partial charge in [0, 0.05) is 30.9 Å². The van der Waals surface area contributed by atoms with Crippen LogP contribution in [0.15, 0.2) is 0 Å². The molecule has 1 spiro atoms. The predicted octanol–water partition coefficient (Wildman–Crippen LogP) is 0.886. The Morgan fingerprint density at radius 1 is 1.29 bits per heavy atom. The number of amides is 2. The first-order valence-corrected chi connectivity index (χ1v) is 13.9. The highest BCUT2D eigenvalue weighted by Gasteiger charge is 2.78. The van der Waals surface area contributed by atoms with Crippen LogP contribution in [0.5, 0.6) is 0 Å². The average Bonchev–Trinajstić information content (AvgIpc) is 3.41. The molecule has 4 fully saturated rings. The normalized spacial score (nSPS) is 36.2. The number of hydrogen-bond acceptors (Lipinski definition) is 8. The minimum absolute atomic E-state index is 0.0154. The summed E-state index contributed by atoms with van der Waals surface area (Å²) in [6, 6.07) is -1.19. The van der Waals surface area contributed by atoms with Gasteiger partial charge in [0.05, 0.1) is 49.1 Å². The number of nitrogens with zero attached hydrogens (tertiary/aromatic N) is 2. The molecular formula is C25H41N3O6S. The van der Waals surface area contributed by atoms with Crippen molar-refractivity contribution in [3.05, 3.63) is 0 Å². The highest BCUT2D eigenvalue weighted by atomic mass is 32.2. The van der Waals surface area contributed by atoms with Crippen molar-refractivity contribution in [1.29, 1.82) is 0 Å². The van der Waals surface area contributed by atoms with Gasteiger partial charge in [-0.05, 0) is 32.6 Å². The number of aliphatic hydroxyl groups is 1. The molecule has 4 heterocycles. The number of esters is 1. The standard InChI is InChI=1S/C25H41N3O6S/c1-5-16(3)17(15-29)28-20(21(30)26-9-10-27-11-13-33-14-12-27)25-8-7-24(4,35-25)19(18(25)22(28)31)23(32)34-6-2/h16-20,29H,5-15H2,1-4H3,(H,26,30)/t16-,17-,18-,19+,20?,24-,25?/m0/s1. The maximum Gasteiger partial charge on any atom is 0.311 e. The second-order valence-corrected chi connectivity index (χ2v) is 12.5. The zero-order chi connectivity index (χ0) is 25.4. The SMILES string of the molecule is CCOC(=O)[C@H]1[C@H]2C(=O)N([C@@H](CO)[C@@H](C)CC)C(C(=O)NCCN3CCOCC3)C23CC[C@]1(C)S3. The van der Waals surface area contributed by atoms with E-state index in [1.165, 1.54) is 0 Å². The van der Waals surface area contributed by atoms with E-state index < -0.39 is 33.4 Å². The number of nitrogens with one attached hydrogen (secondary N) is 1. The molecule has 0 aromatic heterocycles. The molecule has 35 heavy (non-hydrogen) atoms. The lowest BCUT2D eigenvalue weighted by Gasteiger charge is -2.39. The average molecular weight is 512 g/mol. The molecule has 0 aliphatic carbocycles. The van der Waals surface area contributed by atoms with Crippen LogP contribution in [0.1, 0.15) is 47.0 Å². The summed E-state index contributed by atoms with van der Waals surface area (Å²) in [6.45, 7) is 12.1. The zero-order valence-corrected chi connectivity index (χ0v) is 22.3. The fraction of sp³-hybridized carbons (Fsp3) is 0.880. The maximum absolute atomic E-state index is 14.1. The van der Waals surface area contributed by atoms with E-state index in [9.17, 15) is 19.5 Å². The molecule has 2 unspecified atom stereocenters. The van der Waals surface area contributed by atoms with Crippen LogP contribution < -0.4 is 5.32 Å². The Bertz CT molecular complexity index is 823. The molecule has 4 aliphatic heterocycles. The van der Waals surface area contributed by atoms with Crippen molar-refractivity contribution < 1.29 is 29.0 Å². The van der Waals surface area contributed by atoms with Crippen molar-refractivity contribution in [3.63, 3.8) is 0 Å². The second-order valence-electron chi connectivity index (χ2n) is 10.6. The molecule has 7 atom stereocenters. The highest BCUT2D eigenvalue weighted by Crippen LogP contribution is 2.71. The minimum Gasteiger partial charge on any atom is -0.466 e. The summed E-state index contributed by atoms with van der Waals surface area (Å²) in [7, 11) is 0. The third kappa shape index (κ3) is 4.49. The van der Waals surface area contributed by atoms with Crippen LogP contribution in [0, 0.1) is 17.8 Å². The number of thioether (sulfide) groups is 1. The minimum atomic E-state index is -0.720. The Hall–Kier alpha value is -1.36. The number of fused-ring (bicyclic) bond motifs is 1. The van der Waals surface area contributed by atoms with Gasteiger partial charge < -0.3 is 24.8 Å². The molecule has 0 aromatic rings. The summed E-state index contributed by atoms with van der Waals surface area (Å²) in [5, 5.41) is 13.5. The summed E-state index contributed by atoms with van der Waals surface area (Å²) in [4.78, 5) is 44.9. The van der Waals surface area contributed by atoms with E-state index in [1.54, 1.807) is 23.6 Å². The van der Waals surface area contributed by atoms with Gasteiger partial charge in [-0.2, -0.15) is 0 Å². The summed E-state index contributed by atoms with van der Waals surface area (Å²) in [6.07, 6.45) is 2.21. The van der Waals surface area contributed by atoms with Crippen LogP contribution in [0.2, 0.25) is 0 Å². The molecule has 2 amide bonds. The molecule has 0 saturated carbocycles. The Kier molecular flexibility index (Phi) is 8.05. The third-order valence-corrected chi connectivity index (χ3v) is 10.7. The van der Waals surface area contributed by atoms with Gasteiger partial charge in [0.25, 0.3) is 0 Å². The van der Waals surface area contributed by atoms with E-state index in [4.69, 9.17) is 9.47 Å². The lowest BCUT2D eigenvalue weighted by molar-refractivity contribution is -0.155. The molecule has 0 radical (unpaired) electrons. The van der Waals surface area contributed by atoms with Gasteiger partial charge in [-0.1, -0.05) is 20.3 Å². The smallest absolute Gasteiger partial charge is 0.311 e. The summed E-state index contributed by atoms with van der Waals surface area (Å²) in [5.41, 5.74) is 0. The van der Waals surface area contributed by atoms with Gasteiger partial charge in [-0.25, -0.2) is 0 Å². The van der Waals surface area contributed by atoms with Crippen LogP contribution in [-0.2, 0) is 23.9 Å². The second kappa shape index (κ2) is 10.6. The van der Waals surface area contributed by atoms with Crippen LogP contribution in [0.25, 0.3) is 0 Å². The lowest BCUT2D eigenvalue weighted by Crippen LogP contribution is -2.58. The van der Waals surface area contributed by atoms with Crippen LogP contribution in [-0.4, -0.2) is 107 Å². The quantitative estimate of drug-likeness (QED) is 0.417. The Morgan fingerprint density at radius 2 is 2.00 bits per heavy atom. The number of carbonyl (C=O) groups is 3. The molecule has 2 bridgehead atoms. The van der Waals surface area contributed by atoms with E-state index in [0.29, 0.717) is 26.2 Å². The number of likely N-dealkylation sites (tertiary alicyclic amines) is 1. The number of ether oxygens (including phenoxy) is 2. The predicted molar refractivity (Wildman–Crippen MR) is 133 cm³/mol. The van der Waals surface area contributed by atoms with E-state index in [0.717, 1.165) is 32.5 Å². The number of hydrogen-bond donors (Lipinski definition) is 2. The largest absolute Gasteiger partial charge is 0.466 e. The molecule has 9 nitrogen and oxygen atoms in total. The van der Waals surface area contributed by atoms with Crippen LogP contribution >= 0.6 is 11.8 Å². The first-order valence-electron chi connectivity index (χ1n) is 13.1. The van der Waals surface area contributed by atoms with E-state index >= 15 is 0 Å². The van der Waals surface area contributed by atoms with Crippen molar-refractivity contribution in [2.45, 2.75) is 68.5 Å². The molecule has 2 N–H and O–H groups in total. The van der Waals surface area contributed by atoms with E-state index in [-0.39, 0.29) is 36.9 Å². The van der Waals surface area contributed by atoms with Gasteiger partial charge in [0.1, 0.15) is 6.04 Å². The van der Waals surface area contributed by atoms with Crippen molar-refractivity contribution in [2.75, 3.05) is 52.6 Å². The first kappa shape index (κ1) is 26.7. The summed E-state index contributed by atoms with van der Waals surface area (Å²) < 4.78 is 9.71. The molecule has 198 valence electrons. The van der Waals surface area contributed by atoms with Crippen molar-refractivity contribution >= 4 is 29.5 Å². The Balaban J connectivity index is 1.64. The zero-order valence-electron chi connectivity index (χ0n) is 21.5. The topological polar surface area (TPSA) is 108 Å². The maximum atomic E-state index is 14.1. The molecule has 0 aromatic carbocycles. The van der Waals surface area contributed by atoms with Gasteiger partial charge in [0.2, 0.25) is 11.8 Å². The molecular weight excluding hydrogens is 470 g/mol. The summed E-state index contributed by atoms with van der Waals surface area (Å²) in [5.74, 6) is -1.90. The number of aliphatic hydroxyl groups excluding tert-OH is 1. The third-order valence-electron chi connectivity index (χ3n) is 8.68. The van der Waals surface area contributed by atoms with Crippen molar-refractivity contribution in [1.82, 2.24) is 15.1 Å². The molecule has 4 aliphatic rings. The van der Waals surface area contributed by atoms with E-state index in [1.807, 2.05) is 20.8 Å². The van der Waals surface area contributed by atoms with Gasteiger partial charge in [-0.3, -0.25) is 19.3 Å². The Labute approximate surface area is 212 Å².